The molecule has 22 heteroatoms. The average Bonchev–Trinajstić information content (AvgIpc) is 3.19. The number of hydrogen-bond acceptors (Lipinski definition) is 12. The molecule has 0 saturated carbocycles. The molecule has 348 valence electrons. The number of nitrogens with one attached hydrogen (secondary N) is 9. The van der Waals surface area contributed by atoms with Gasteiger partial charge in [-0.25, -0.2) is 0 Å². The van der Waals surface area contributed by atoms with Gasteiger partial charge in [0.2, 0.25) is 53.2 Å². The molecular formula is C39H71N11O11. The number of rotatable bonds is 29. The fourth-order valence-corrected chi connectivity index (χ4v) is 5.36. The van der Waals surface area contributed by atoms with Gasteiger partial charge >= 0.3 is 5.97 Å². The van der Waals surface area contributed by atoms with Gasteiger partial charge in [0, 0.05) is 0 Å². The van der Waals surface area contributed by atoms with Crippen LogP contribution in [0, 0.1) is 0 Å². The highest BCUT2D eigenvalue weighted by atomic mass is 16.4. The zero-order valence-electron chi connectivity index (χ0n) is 37.0. The van der Waals surface area contributed by atoms with Gasteiger partial charge in [0.15, 0.2) is 0 Å². The highest BCUT2D eigenvalue weighted by molar-refractivity contribution is 5.98. The Morgan fingerprint density at radius 2 is 0.656 bits per heavy atom. The highest BCUT2D eigenvalue weighted by Crippen LogP contribution is 2.06. The molecule has 0 aromatic rings. The van der Waals surface area contributed by atoms with Gasteiger partial charge in [0.25, 0.3) is 0 Å². The molecule has 0 aliphatic heterocycles. The second-order valence-electron chi connectivity index (χ2n) is 15.3. The molecule has 0 bridgehead atoms. The van der Waals surface area contributed by atoms with Gasteiger partial charge in [-0.3, -0.25) is 47.9 Å². The molecule has 22 nitrogen and oxygen atoms in total. The topological polar surface area (TPSA) is 351 Å². The van der Waals surface area contributed by atoms with Crippen LogP contribution < -0.4 is 59.3 Å². The first-order valence-electron chi connectivity index (χ1n) is 20.9. The summed E-state index contributed by atoms with van der Waals surface area (Å²) < 4.78 is 0. The van der Waals surface area contributed by atoms with Gasteiger partial charge < -0.3 is 64.4 Å². The lowest BCUT2D eigenvalue weighted by Gasteiger charge is -2.25. The lowest BCUT2D eigenvalue weighted by atomic mass is 10.1. The van der Waals surface area contributed by atoms with Crippen molar-refractivity contribution >= 4 is 59.1 Å². The van der Waals surface area contributed by atoms with Crippen LogP contribution in [0.2, 0.25) is 0 Å². The molecule has 0 radical (unpaired) electrons. The van der Waals surface area contributed by atoms with Crippen LogP contribution >= 0.6 is 0 Å². The first-order chi connectivity index (χ1) is 28.5. The number of aliphatic carboxylic acids is 1. The lowest BCUT2D eigenvalue weighted by Crippen LogP contribution is -2.59. The normalized spacial score (nSPS) is 15.9. The molecule has 0 rings (SSSR count). The van der Waals surface area contributed by atoms with Crippen LogP contribution in [0.1, 0.15) is 120 Å². The maximum Gasteiger partial charge on any atom is 0.325 e. The number of carboxylic acids is 1. The number of nitrogens with two attached hydrogens (primary N) is 2. The van der Waals surface area contributed by atoms with Gasteiger partial charge in [-0.15, -0.1) is 0 Å². The van der Waals surface area contributed by atoms with Gasteiger partial charge in [-0.1, -0.05) is 39.5 Å². The van der Waals surface area contributed by atoms with E-state index in [0.29, 0.717) is 45.1 Å². The van der Waals surface area contributed by atoms with Gasteiger partial charge in [0.05, 0.1) is 6.04 Å². The van der Waals surface area contributed by atoms with Crippen LogP contribution in [0.4, 0.5) is 0 Å². The maximum atomic E-state index is 13.4. The van der Waals surface area contributed by atoms with Crippen LogP contribution in [-0.4, -0.2) is 131 Å². The maximum absolute atomic E-state index is 13.4. The standard InChI is InChI=1S/C39H71N11O11/c1-10-12-16-27(48-30(51)20(3)41)36(57)45-22(5)32(53)42-21(4)31(52)43-25(8)35(56)50-29(18-14-15-19-40)37(58)46-23(6)33(54)44-24(7)34(55)49-28(17-13-11-2)38(59)47-26(9)39(60)61/h20-29H,10-19,40-41H2,1-9H3,(H,42,53)(H,43,52)(H,44,54)(H,45,57)(H,46,58)(H,47,59)(H,48,51)(H,49,55)(H,50,56)(H,60,61)/t20-,21-,22-,23-,24-,25-,26-,27-,28-,29-/m0/s1. The van der Waals surface area contributed by atoms with E-state index in [1.54, 1.807) is 0 Å². The van der Waals surface area contributed by atoms with Gasteiger partial charge in [-0.05, 0) is 87.1 Å². The second kappa shape index (κ2) is 29.0. The molecular weight excluding hydrogens is 798 g/mol. The Bertz CT molecular complexity index is 1510. The van der Waals surface area contributed by atoms with Crippen molar-refractivity contribution < 1.29 is 53.1 Å². The molecule has 14 N–H and O–H groups in total. The predicted molar refractivity (Wildman–Crippen MR) is 225 cm³/mol. The molecule has 0 aliphatic rings. The van der Waals surface area contributed by atoms with E-state index in [4.69, 9.17) is 16.6 Å². The summed E-state index contributed by atoms with van der Waals surface area (Å²) in [6.07, 6.45) is 4.22. The molecule has 0 aromatic carbocycles. The minimum absolute atomic E-state index is 0.120. The Kier molecular flexibility index (Phi) is 26.4. The summed E-state index contributed by atoms with van der Waals surface area (Å²) >= 11 is 0. The molecule has 10 atom stereocenters. The summed E-state index contributed by atoms with van der Waals surface area (Å²) in [7, 11) is 0. The van der Waals surface area contributed by atoms with E-state index >= 15 is 0 Å². The van der Waals surface area contributed by atoms with Crippen LogP contribution in [0.5, 0.6) is 0 Å². The largest absolute Gasteiger partial charge is 0.480 e. The Morgan fingerprint density at radius 1 is 0.393 bits per heavy atom. The molecule has 0 heterocycles. The lowest BCUT2D eigenvalue weighted by molar-refractivity contribution is -0.141. The van der Waals surface area contributed by atoms with Crippen molar-refractivity contribution in [3.05, 3.63) is 0 Å². The summed E-state index contributed by atoms with van der Waals surface area (Å²) in [6, 6.07) is -11.0. The number of carboxylic acid groups (broad SMARTS) is 1. The highest BCUT2D eigenvalue weighted by Gasteiger charge is 2.31. The first kappa shape index (κ1) is 55.6. The zero-order chi connectivity index (χ0) is 47.0. The number of carbonyl (C=O) groups is 10. The quantitative estimate of drug-likeness (QED) is 0.0344. The second-order valence-corrected chi connectivity index (χ2v) is 15.3. The van der Waals surface area contributed by atoms with E-state index in [0.717, 1.165) is 6.42 Å². The minimum atomic E-state index is -1.25. The third-order valence-corrected chi connectivity index (χ3v) is 9.44. The third kappa shape index (κ3) is 21.6. The van der Waals surface area contributed by atoms with E-state index in [2.05, 4.69) is 47.9 Å². The third-order valence-electron chi connectivity index (χ3n) is 9.44. The van der Waals surface area contributed by atoms with Crippen molar-refractivity contribution in [1.29, 1.82) is 0 Å². The monoisotopic (exact) mass is 870 g/mol. The van der Waals surface area contributed by atoms with Crippen molar-refractivity contribution in [2.75, 3.05) is 6.54 Å². The van der Waals surface area contributed by atoms with Gasteiger partial charge in [-0.2, -0.15) is 0 Å². The van der Waals surface area contributed by atoms with E-state index in [1.807, 2.05) is 13.8 Å². The molecule has 0 saturated heterocycles. The van der Waals surface area contributed by atoms with Crippen LogP contribution in [-0.2, 0) is 47.9 Å². The number of unbranched alkanes of at least 4 members (excludes halogenated alkanes) is 3. The number of amides is 9. The van der Waals surface area contributed by atoms with Crippen molar-refractivity contribution in [3.63, 3.8) is 0 Å². The molecule has 0 unspecified atom stereocenters. The molecule has 0 spiro atoms. The predicted octanol–water partition coefficient (Wildman–Crippen LogP) is -2.59. The van der Waals surface area contributed by atoms with Crippen LogP contribution in [0.25, 0.3) is 0 Å². The first-order valence-corrected chi connectivity index (χ1v) is 20.9. The summed E-state index contributed by atoms with van der Waals surface area (Å²) in [5.41, 5.74) is 11.2. The van der Waals surface area contributed by atoms with Crippen molar-refractivity contribution in [3.8, 4) is 0 Å². The fraction of sp³-hybridized carbons (Fsp3) is 0.744. The van der Waals surface area contributed by atoms with Crippen molar-refractivity contribution in [2.24, 2.45) is 11.5 Å². The number of carbonyl (C=O) groups excluding carboxylic acids is 9. The van der Waals surface area contributed by atoms with E-state index < -0.39 is 120 Å². The zero-order valence-corrected chi connectivity index (χ0v) is 37.0. The Labute approximate surface area is 358 Å². The van der Waals surface area contributed by atoms with E-state index in [1.165, 1.54) is 48.5 Å². The van der Waals surface area contributed by atoms with Crippen molar-refractivity contribution in [1.82, 2.24) is 47.9 Å². The SMILES string of the molecule is CCCC[C@H](NC(=O)[C@H](C)N)C(=O)N[C@@H](C)C(=O)N[C@@H](C)C(=O)N[C@@H](C)C(=O)N[C@@H](CCCCN)C(=O)N[C@@H](C)C(=O)N[C@@H](C)C(=O)N[C@@H](CCCC)C(=O)N[C@@H](C)C(=O)O. The fourth-order valence-electron chi connectivity index (χ4n) is 5.36. The molecule has 0 aromatic heterocycles. The Hall–Kier alpha value is -5.38. The Morgan fingerprint density at radius 3 is 0.934 bits per heavy atom. The Balaban J connectivity index is 5.46. The van der Waals surface area contributed by atoms with Crippen LogP contribution in [0.15, 0.2) is 0 Å². The summed E-state index contributed by atoms with van der Waals surface area (Å²) in [6.45, 7) is 13.7. The number of hydrogen-bond donors (Lipinski definition) is 12. The summed E-state index contributed by atoms with van der Waals surface area (Å²) in [5.74, 6) is -7.51. The van der Waals surface area contributed by atoms with E-state index in [9.17, 15) is 47.9 Å². The van der Waals surface area contributed by atoms with E-state index in [-0.39, 0.29) is 12.8 Å². The molecule has 0 aliphatic carbocycles. The smallest absolute Gasteiger partial charge is 0.325 e. The summed E-state index contributed by atoms with van der Waals surface area (Å²) in [4.78, 5) is 127. The molecule has 9 amide bonds. The molecule has 61 heavy (non-hydrogen) atoms. The average molecular weight is 870 g/mol. The minimum Gasteiger partial charge on any atom is -0.480 e. The van der Waals surface area contributed by atoms with Gasteiger partial charge in [0.1, 0.15) is 54.4 Å². The van der Waals surface area contributed by atoms with Crippen LogP contribution in [0.3, 0.4) is 0 Å². The molecule has 0 fully saturated rings. The van der Waals surface area contributed by atoms with Crippen molar-refractivity contribution in [2.45, 2.75) is 181 Å². The summed E-state index contributed by atoms with van der Waals surface area (Å²) in [5, 5.41) is 31.6.